The molecule has 6 heteroatoms. The summed E-state index contributed by atoms with van der Waals surface area (Å²) in [5, 5.41) is 15.3. The van der Waals surface area contributed by atoms with E-state index in [1.54, 1.807) is 23.5 Å². The third-order valence-corrected chi connectivity index (χ3v) is 3.76. The van der Waals surface area contributed by atoms with Crippen LogP contribution in [-0.2, 0) is 6.54 Å². The fourth-order valence-corrected chi connectivity index (χ4v) is 2.62. The SMILES string of the molecule is Cc1ncc(CNC(C)c2ccccc2[N+](=O)[O-])s1. The molecule has 19 heavy (non-hydrogen) atoms. The summed E-state index contributed by atoms with van der Waals surface area (Å²) >= 11 is 1.63. The molecule has 2 rings (SSSR count). The molecule has 0 amide bonds. The molecular weight excluding hydrogens is 262 g/mol. The minimum absolute atomic E-state index is 0.0796. The molecule has 0 radical (unpaired) electrons. The Labute approximate surface area is 115 Å². The predicted octanol–water partition coefficient (Wildman–Crippen LogP) is 3.21. The van der Waals surface area contributed by atoms with E-state index in [9.17, 15) is 10.1 Å². The van der Waals surface area contributed by atoms with Crippen molar-refractivity contribution in [2.45, 2.75) is 26.4 Å². The molecule has 1 aromatic carbocycles. The van der Waals surface area contributed by atoms with Gasteiger partial charge in [0.1, 0.15) is 0 Å². The van der Waals surface area contributed by atoms with Crippen LogP contribution in [0, 0.1) is 17.0 Å². The highest BCUT2D eigenvalue weighted by Gasteiger charge is 2.17. The first-order valence-corrected chi connectivity index (χ1v) is 6.77. The summed E-state index contributed by atoms with van der Waals surface area (Å²) in [5.41, 5.74) is 0.858. The quantitative estimate of drug-likeness (QED) is 0.673. The molecule has 0 aliphatic heterocycles. The Hall–Kier alpha value is -1.79. The van der Waals surface area contributed by atoms with Gasteiger partial charge in [-0.2, -0.15) is 0 Å². The fraction of sp³-hybridized carbons (Fsp3) is 0.308. The maximum absolute atomic E-state index is 11.0. The molecule has 1 unspecified atom stereocenters. The number of nitrogens with zero attached hydrogens (tertiary/aromatic N) is 2. The number of nitro groups is 1. The predicted molar refractivity (Wildman–Crippen MR) is 75.2 cm³/mol. The molecule has 0 saturated carbocycles. The van der Waals surface area contributed by atoms with Crippen molar-refractivity contribution in [3.05, 3.63) is 56.0 Å². The molecule has 5 nitrogen and oxygen atoms in total. The van der Waals surface area contributed by atoms with Gasteiger partial charge in [-0.15, -0.1) is 11.3 Å². The van der Waals surface area contributed by atoms with E-state index < -0.39 is 0 Å². The van der Waals surface area contributed by atoms with E-state index in [4.69, 9.17) is 0 Å². The van der Waals surface area contributed by atoms with Crippen molar-refractivity contribution < 1.29 is 4.92 Å². The van der Waals surface area contributed by atoms with Gasteiger partial charge in [0.15, 0.2) is 0 Å². The fourth-order valence-electron chi connectivity index (χ4n) is 1.87. The molecule has 2 aromatic rings. The van der Waals surface area contributed by atoms with E-state index in [0.717, 1.165) is 9.88 Å². The van der Waals surface area contributed by atoms with Gasteiger partial charge in [-0.3, -0.25) is 10.1 Å². The zero-order chi connectivity index (χ0) is 13.8. The number of para-hydroxylation sites is 1. The second-order valence-corrected chi connectivity index (χ2v) is 5.58. The van der Waals surface area contributed by atoms with Crippen LogP contribution in [0.15, 0.2) is 30.5 Å². The summed E-state index contributed by atoms with van der Waals surface area (Å²) < 4.78 is 0. The summed E-state index contributed by atoms with van der Waals surface area (Å²) in [6.45, 7) is 4.55. The monoisotopic (exact) mass is 277 g/mol. The van der Waals surface area contributed by atoms with Gasteiger partial charge in [0.25, 0.3) is 5.69 Å². The van der Waals surface area contributed by atoms with Crippen molar-refractivity contribution in [1.29, 1.82) is 0 Å². The van der Waals surface area contributed by atoms with Crippen LogP contribution in [-0.4, -0.2) is 9.91 Å². The molecule has 1 aromatic heterocycles. The van der Waals surface area contributed by atoms with E-state index in [0.29, 0.717) is 12.1 Å². The number of nitro benzene ring substituents is 1. The summed E-state index contributed by atoms with van der Waals surface area (Å²) in [6.07, 6.45) is 1.83. The van der Waals surface area contributed by atoms with E-state index in [1.165, 1.54) is 6.07 Å². The van der Waals surface area contributed by atoms with Crippen LogP contribution in [0.1, 0.15) is 28.4 Å². The molecule has 0 fully saturated rings. The topological polar surface area (TPSA) is 68.1 Å². The maximum atomic E-state index is 11.0. The van der Waals surface area contributed by atoms with E-state index >= 15 is 0 Å². The summed E-state index contributed by atoms with van der Waals surface area (Å²) in [6, 6.07) is 6.74. The number of rotatable bonds is 5. The number of hydrogen-bond donors (Lipinski definition) is 1. The summed E-state index contributed by atoms with van der Waals surface area (Å²) in [4.78, 5) is 15.9. The number of thiazole rings is 1. The smallest absolute Gasteiger partial charge is 0.274 e. The second-order valence-electron chi connectivity index (χ2n) is 4.26. The summed E-state index contributed by atoms with van der Waals surface area (Å²) in [5.74, 6) is 0. The zero-order valence-corrected chi connectivity index (χ0v) is 11.6. The lowest BCUT2D eigenvalue weighted by molar-refractivity contribution is -0.385. The first kappa shape index (κ1) is 13.6. The standard InChI is InChI=1S/C13H15N3O2S/c1-9(14-7-11-8-15-10(2)19-11)12-5-3-4-6-13(12)16(17)18/h3-6,8-9,14H,7H2,1-2H3. The van der Waals surface area contributed by atoms with Crippen LogP contribution in [0.5, 0.6) is 0 Å². The van der Waals surface area contributed by atoms with Crippen molar-refractivity contribution in [2.24, 2.45) is 0 Å². The van der Waals surface area contributed by atoms with Gasteiger partial charge >= 0.3 is 0 Å². The number of aryl methyl sites for hydroxylation is 1. The van der Waals surface area contributed by atoms with E-state index in [-0.39, 0.29) is 16.7 Å². The van der Waals surface area contributed by atoms with Gasteiger partial charge in [-0.1, -0.05) is 18.2 Å². The molecule has 1 heterocycles. The second kappa shape index (κ2) is 5.90. The first-order chi connectivity index (χ1) is 9.08. The van der Waals surface area contributed by atoms with Crippen LogP contribution in [0.25, 0.3) is 0 Å². The molecular formula is C13H15N3O2S. The average molecular weight is 277 g/mol. The molecule has 0 aliphatic carbocycles. The molecule has 0 saturated heterocycles. The van der Waals surface area contributed by atoms with Gasteiger partial charge in [-0.05, 0) is 13.8 Å². The average Bonchev–Trinajstić information content (AvgIpc) is 2.81. The Morgan fingerprint density at radius 3 is 2.84 bits per heavy atom. The van der Waals surface area contributed by atoms with Crippen molar-refractivity contribution >= 4 is 17.0 Å². The Morgan fingerprint density at radius 1 is 1.47 bits per heavy atom. The maximum Gasteiger partial charge on any atom is 0.274 e. The van der Waals surface area contributed by atoms with Gasteiger partial charge < -0.3 is 5.32 Å². The largest absolute Gasteiger partial charge is 0.305 e. The number of aromatic nitrogens is 1. The van der Waals surface area contributed by atoms with E-state index in [1.807, 2.05) is 26.1 Å². The lowest BCUT2D eigenvalue weighted by atomic mass is 10.1. The molecule has 1 N–H and O–H groups in total. The first-order valence-electron chi connectivity index (χ1n) is 5.96. The van der Waals surface area contributed by atoms with Gasteiger partial charge in [0, 0.05) is 35.3 Å². The zero-order valence-electron chi connectivity index (χ0n) is 10.8. The molecule has 1 atom stereocenters. The molecule has 100 valence electrons. The summed E-state index contributed by atoms with van der Waals surface area (Å²) in [7, 11) is 0. The lowest BCUT2D eigenvalue weighted by Gasteiger charge is -2.13. The Morgan fingerprint density at radius 2 is 2.21 bits per heavy atom. The van der Waals surface area contributed by atoms with Crippen molar-refractivity contribution in [3.63, 3.8) is 0 Å². The van der Waals surface area contributed by atoms with Gasteiger partial charge in [0.05, 0.1) is 9.93 Å². The van der Waals surface area contributed by atoms with Crippen LogP contribution >= 0.6 is 11.3 Å². The molecule has 0 spiro atoms. The van der Waals surface area contributed by atoms with Crippen molar-refractivity contribution in [1.82, 2.24) is 10.3 Å². The Kier molecular flexibility index (Phi) is 4.24. The Bertz CT molecular complexity index is 583. The van der Waals surface area contributed by atoms with Crippen LogP contribution < -0.4 is 5.32 Å². The third kappa shape index (κ3) is 3.36. The van der Waals surface area contributed by atoms with Crippen molar-refractivity contribution in [3.8, 4) is 0 Å². The number of hydrogen-bond acceptors (Lipinski definition) is 5. The van der Waals surface area contributed by atoms with E-state index in [2.05, 4.69) is 10.3 Å². The third-order valence-electron chi connectivity index (χ3n) is 2.85. The highest BCUT2D eigenvalue weighted by molar-refractivity contribution is 7.11. The van der Waals surface area contributed by atoms with Crippen molar-refractivity contribution in [2.75, 3.05) is 0 Å². The Balaban J connectivity index is 2.07. The van der Waals surface area contributed by atoms with Gasteiger partial charge in [0.2, 0.25) is 0 Å². The minimum Gasteiger partial charge on any atom is -0.305 e. The highest BCUT2D eigenvalue weighted by Crippen LogP contribution is 2.24. The normalized spacial score (nSPS) is 12.3. The minimum atomic E-state index is -0.343. The van der Waals surface area contributed by atoms with Crippen LogP contribution in [0.2, 0.25) is 0 Å². The molecule has 0 aliphatic rings. The van der Waals surface area contributed by atoms with Crippen LogP contribution in [0.4, 0.5) is 5.69 Å². The number of nitrogens with one attached hydrogen (secondary N) is 1. The highest BCUT2D eigenvalue weighted by atomic mass is 32.1. The van der Waals surface area contributed by atoms with Gasteiger partial charge in [-0.25, -0.2) is 4.98 Å². The lowest BCUT2D eigenvalue weighted by Crippen LogP contribution is -2.18. The number of benzene rings is 1. The van der Waals surface area contributed by atoms with Crippen LogP contribution in [0.3, 0.4) is 0 Å². The molecule has 0 bridgehead atoms.